The Morgan fingerprint density at radius 2 is 1.82 bits per heavy atom. The molecule has 2 aromatic carbocycles. The van der Waals surface area contributed by atoms with Crippen molar-refractivity contribution in [3.05, 3.63) is 82.8 Å². The Balaban J connectivity index is 1.54. The highest BCUT2D eigenvalue weighted by atomic mass is 35.5. The Hall–Kier alpha value is -3.45. The molecule has 0 N–H and O–H groups in total. The van der Waals surface area contributed by atoms with Gasteiger partial charge >= 0.3 is 0 Å². The SMILES string of the molecule is CC(C)N(CC(=O)N(Cc1ccc2c(c1)OCO2)Cc1ccco1)C(=O)c1cccc(Cl)c1. The molecule has 0 unspecified atom stereocenters. The highest BCUT2D eigenvalue weighted by Crippen LogP contribution is 2.33. The van der Waals surface area contributed by atoms with Gasteiger partial charge in [-0.3, -0.25) is 9.59 Å². The molecule has 1 aromatic heterocycles. The fourth-order valence-corrected chi connectivity index (χ4v) is 3.79. The molecule has 2 amide bonds. The average molecular weight is 469 g/mol. The lowest BCUT2D eigenvalue weighted by Gasteiger charge is -2.30. The topological polar surface area (TPSA) is 72.2 Å². The number of amides is 2. The third kappa shape index (κ3) is 5.49. The standard InChI is InChI=1S/C25H25ClN2O5/c1-17(2)28(25(30)19-5-3-6-20(26)12-19)15-24(29)27(14-21-7-4-10-31-21)13-18-8-9-22-23(11-18)33-16-32-22/h3-12,17H,13-16H2,1-2H3. The molecule has 1 aliphatic rings. The molecule has 4 rings (SSSR count). The van der Waals surface area contributed by atoms with Crippen LogP contribution in [0.3, 0.4) is 0 Å². The number of carbonyl (C=O) groups excluding carboxylic acids is 2. The van der Waals surface area contributed by atoms with Crippen molar-refractivity contribution in [2.75, 3.05) is 13.3 Å². The highest BCUT2D eigenvalue weighted by Gasteiger charge is 2.26. The molecular formula is C25H25ClN2O5. The van der Waals surface area contributed by atoms with Crippen LogP contribution in [0.1, 0.15) is 35.5 Å². The molecule has 0 radical (unpaired) electrons. The number of benzene rings is 2. The zero-order valence-electron chi connectivity index (χ0n) is 18.5. The first kappa shape index (κ1) is 22.7. The summed E-state index contributed by atoms with van der Waals surface area (Å²) in [6.45, 7) is 4.47. The summed E-state index contributed by atoms with van der Waals surface area (Å²) in [7, 11) is 0. The number of nitrogens with zero attached hydrogens (tertiary/aromatic N) is 2. The lowest BCUT2D eigenvalue weighted by atomic mass is 10.1. The normalized spacial score (nSPS) is 12.1. The largest absolute Gasteiger partial charge is 0.467 e. The third-order valence-electron chi connectivity index (χ3n) is 5.35. The van der Waals surface area contributed by atoms with E-state index in [0.29, 0.717) is 34.4 Å². The van der Waals surface area contributed by atoms with E-state index in [1.54, 1.807) is 46.4 Å². The summed E-state index contributed by atoms with van der Waals surface area (Å²) in [4.78, 5) is 29.8. The summed E-state index contributed by atoms with van der Waals surface area (Å²) in [5, 5.41) is 0.470. The van der Waals surface area contributed by atoms with Crippen LogP contribution < -0.4 is 9.47 Å². The van der Waals surface area contributed by atoms with Crippen molar-refractivity contribution >= 4 is 23.4 Å². The number of fused-ring (bicyclic) bond motifs is 1. The number of hydrogen-bond acceptors (Lipinski definition) is 5. The van der Waals surface area contributed by atoms with Crippen LogP contribution in [-0.2, 0) is 17.9 Å². The molecule has 2 heterocycles. The van der Waals surface area contributed by atoms with Gasteiger partial charge in [0.2, 0.25) is 12.7 Å². The van der Waals surface area contributed by atoms with Crippen LogP contribution in [0, 0.1) is 0 Å². The monoisotopic (exact) mass is 468 g/mol. The van der Waals surface area contributed by atoms with Crippen molar-refractivity contribution in [3.63, 3.8) is 0 Å². The number of rotatable bonds is 8. The molecule has 0 bridgehead atoms. The fraction of sp³-hybridized carbons (Fsp3) is 0.280. The zero-order valence-corrected chi connectivity index (χ0v) is 19.2. The van der Waals surface area contributed by atoms with Gasteiger partial charge in [0.25, 0.3) is 5.91 Å². The van der Waals surface area contributed by atoms with Crippen molar-refractivity contribution in [2.45, 2.75) is 33.0 Å². The number of carbonyl (C=O) groups is 2. The molecule has 172 valence electrons. The van der Waals surface area contributed by atoms with E-state index in [9.17, 15) is 9.59 Å². The second-order valence-electron chi connectivity index (χ2n) is 8.05. The first-order chi connectivity index (χ1) is 15.9. The van der Waals surface area contributed by atoms with Gasteiger partial charge in [-0.1, -0.05) is 23.7 Å². The van der Waals surface area contributed by atoms with E-state index in [-0.39, 0.29) is 37.7 Å². The van der Waals surface area contributed by atoms with E-state index in [2.05, 4.69) is 0 Å². The van der Waals surface area contributed by atoms with Gasteiger partial charge in [-0.25, -0.2) is 0 Å². The molecular weight excluding hydrogens is 444 g/mol. The van der Waals surface area contributed by atoms with Gasteiger partial charge in [-0.05, 0) is 61.9 Å². The van der Waals surface area contributed by atoms with Crippen LogP contribution in [0.15, 0.2) is 65.3 Å². The Kier molecular flexibility index (Phi) is 6.89. The fourth-order valence-electron chi connectivity index (χ4n) is 3.60. The summed E-state index contributed by atoms with van der Waals surface area (Å²) in [6, 6.07) is 15.7. The van der Waals surface area contributed by atoms with Crippen LogP contribution in [0.2, 0.25) is 5.02 Å². The number of ether oxygens (including phenoxy) is 2. The van der Waals surface area contributed by atoms with Gasteiger partial charge in [0.1, 0.15) is 12.3 Å². The molecule has 1 aliphatic heterocycles. The molecule has 0 saturated carbocycles. The van der Waals surface area contributed by atoms with Crippen molar-refractivity contribution in [1.29, 1.82) is 0 Å². The summed E-state index contributed by atoms with van der Waals surface area (Å²) in [6.07, 6.45) is 1.57. The minimum atomic E-state index is -0.248. The number of halogens is 1. The number of hydrogen-bond donors (Lipinski definition) is 0. The predicted molar refractivity (Wildman–Crippen MR) is 123 cm³/mol. The van der Waals surface area contributed by atoms with E-state index in [0.717, 1.165) is 5.56 Å². The second kappa shape index (κ2) is 10.0. The summed E-state index contributed by atoms with van der Waals surface area (Å²) < 4.78 is 16.3. The van der Waals surface area contributed by atoms with E-state index in [1.165, 1.54) is 0 Å². The van der Waals surface area contributed by atoms with Gasteiger partial charge < -0.3 is 23.7 Å². The van der Waals surface area contributed by atoms with Crippen LogP contribution in [0.5, 0.6) is 11.5 Å². The summed E-state index contributed by atoms with van der Waals surface area (Å²) in [5.41, 5.74) is 1.33. The molecule has 0 aliphatic carbocycles. The molecule has 33 heavy (non-hydrogen) atoms. The van der Waals surface area contributed by atoms with Crippen molar-refractivity contribution < 1.29 is 23.5 Å². The smallest absolute Gasteiger partial charge is 0.254 e. The Morgan fingerprint density at radius 1 is 1.00 bits per heavy atom. The highest BCUT2D eigenvalue weighted by molar-refractivity contribution is 6.31. The van der Waals surface area contributed by atoms with E-state index in [4.69, 9.17) is 25.5 Å². The maximum Gasteiger partial charge on any atom is 0.254 e. The van der Waals surface area contributed by atoms with Gasteiger partial charge in [-0.15, -0.1) is 0 Å². The first-order valence-electron chi connectivity index (χ1n) is 10.7. The van der Waals surface area contributed by atoms with Gasteiger partial charge in [-0.2, -0.15) is 0 Å². The average Bonchev–Trinajstić information content (AvgIpc) is 3.47. The lowest BCUT2D eigenvalue weighted by molar-refractivity contribution is -0.133. The lowest BCUT2D eigenvalue weighted by Crippen LogP contribution is -2.45. The van der Waals surface area contributed by atoms with Crippen LogP contribution >= 0.6 is 11.6 Å². The van der Waals surface area contributed by atoms with E-state index >= 15 is 0 Å². The third-order valence-corrected chi connectivity index (χ3v) is 5.59. The second-order valence-corrected chi connectivity index (χ2v) is 8.49. The molecule has 8 heteroatoms. The molecule has 0 spiro atoms. The molecule has 0 fully saturated rings. The van der Waals surface area contributed by atoms with Crippen LogP contribution in [-0.4, -0.2) is 41.0 Å². The molecule has 7 nitrogen and oxygen atoms in total. The van der Waals surface area contributed by atoms with Crippen LogP contribution in [0.25, 0.3) is 0 Å². The van der Waals surface area contributed by atoms with E-state index < -0.39 is 0 Å². The summed E-state index contributed by atoms with van der Waals surface area (Å²) >= 11 is 6.06. The van der Waals surface area contributed by atoms with Crippen molar-refractivity contribution in [2.24, 2.45) is 0 Å². The minimum absolute atomic E-state index is 0.0751. The quantitative estimate of drug-likeness (QED) is 0.477. The van der Waals surface area contributed by atoms with Crippen molar-refractivity contribution in [3.8, 4) is 11.5 Å². The minimum Gasteiger partial charge on any atom is -0.467 e. The van der Waals surface area contributed by atoms with Crippen molar-refractivity contribution in [1.82, 2.24) is 9.80 Å². The van der Waals surface area contributed by atoms with Gasteiger partial charge in [0.15, 0.2) is 11.5 Å². The molecule has 3 aromatic rings. The Bertz CT molecular complexity index is 1130. The first-order valence-corrected chi connectivity index (χ1v) is 11.0. The zero-order chi connectivity index (χ0) is 23.4. The summed E-state index contributed by atoms with van der Waals surface area (Å²) in [5.74, 6) is 1.54. The van der Waals surface area contributed by atoms with Gasteiger partial charge in [0.05, 0.1) is 12.8 Å². The van der Waals surface area contributed by atoms with E-state index in [1.807, 2.05) is 38.1 Å². The molecule has 0 atom stereocenters. The predicted octanol–water partition coefficient (Wildman–Crippen LogP) is 4.74. The molecule has 0 saturated heterocycles. The maximum atomic E-state index is 13.4. The Labute approximate surface area is 197 Å². The number of furan rings is 1. The van der Waals surface area contributed by atoms with Gasteiger partial charge in [0, 0.05) is 23.2 Å². The Morgan fingerprint density at radius 3 is 2.55 bits per heavy atom. The van der Waals surface area contributed by atoms with Crippen LogP contribution in [0.4, 0.5) is 0 Å². The maximum absolute atomic E-state index is 13.4.